The molecule has 0 spiro atoms. The van der Waals surface area contributed by atoms with Crippen LogP contribution < -0.4 is 0 Å². The van der Waals surface area contributed by atoms with Crippen molar-refractivity contribution in [1.82, 2.24) is 0 Å². The molecule has 0 aromatic rings. The predicted molar refractivity (Wildman–Crippen MR) is 348 cm³/mol. The van der Waals surface area contributed by atoms with Crippen molar-refractivity contribution < 1.29 is 28.6 Å². The fraction of sp³-hybridized carbons (Fsp3) is 0.770. The van der Waals surface area contributed by atoms with E-state index in [0.29, 0.717) is 19.3 Å². The lowest BCUT2D eigenvalue weighted by Crippen LogP contribution is -2.30. The fourth-order valence-corrected chi connectivity index (χ4v) is 9.97. The lowest BCUT2D eigenvalue weighted by molar-refractivity contribution is -0.167. The van der Waals surface area contributed by atoms with Crippen molar-refractivity contribution in [3.05, 3.63) is 85.1 Å². The van der Waals surface area contributed by atoms with Gasteiger partial charge in [0.25, 0.3) is 0 Å². The summed E-state index contributed by atoms with van der Waals surface area (Å²) in [6, 6.07) is 0. The fourth-order valence-electron chi connectivity index (χ4n) is 9.97. The summed E-state index contributed by atoms with van der Waals surface area (Å²) in [6.07, 6.45) is 90.4. The van der Waals surface area contributed by atoms with Gasteiger partial charge in [-0.05, 0) is 96.3 Å². The topological polar surface area (TPSA) is 78.9 Å². The molecule has 0 aliphatic rings. The van der Waals surface area contributed by atoms with Gasteiger partial charge in [0.1, 0.15) is 13.2 Å². The number of allylic oxidation sites excluding steroid dienone is 14. The normalized spacial score (nSPS) is 12.6. The van der Waals surface area contributed by atoms with Crippen molar-refractivity contribution in [2.24, 2.45) is 0 Å². The van der Waals surface area contributed by atoms with Gasteiger partial charge in [0.2, 0.25) is 0 Å². The summed E-state index contributed by atoms with van der Waals surface area (Å²) >= 11 is 0. The van der Waals surface area contributed by atoms with E-state index < -0.39 is 6.10 Å². The highest BCUT2D eigenvalue weighted by molar-refractivity contribution is 5.71. The quantitative estimate of drug-likeness (QED) is 0.0261. The molecule has 0 rings (SSSR count). The summed E-state index contributed by atoms with van der Waals surface area (Å²) in [4.78, 5) is 38.4. The van der Waals surface area contributed by atoms with E-state index in [0.717, 1.165) is 103 Å². The second-order valence-electron chi connectivity index (χ2n) is 23.1. The largest absolute Gasteiger partial charge is 0.462 e. The molecule has 462 valence electrons. The van der Waals surface area contributed by atoms with Crippen molar-refractivity contribution in [1.29, 1.82) is 0 Å². The van der Waals surface area contributed by atoms with Crippen molar-refractivity contribution in [3.8, 4) is 0 Å². The lowest BCUT2D eigenvalue weighted by Gasteiger charge is -2.18. The summed E-state index contributed by atoms with van der Waals surface area (Å²) < 4.78 is 16.9. The van der Waals surface area contributed by atoms with Gasteiger partial charge in [-0.15, -0.1) is 0 Å². The van der Waals surface area contributed by atoms with Crippen LogP contribution in [0.3, 0.4) is 0 Å². The molecule has 0 radical (unpaired) electrons. The zero-order chi connectivity index (χ0) is 57.8. The second-order valence-corrected chi connectivity index (χ2v) is 23.1. The monoisotopic (exact) mass is 1110 g/mol. The van der Waals surface area contributed by atoms with Crippen molar-refractivity contribution in [2.45, 2.75) is 354 Å². The highest BCUT2D eigenvalue weighted by Crippen LogP contribution is 2.17. The Morgan fingerprint density at radius 1 is 0.263 bits per heavy atom. The molecular formula is C74H130O6. The van der Waals surface area contributed by atoms with E-state index in [9.17, 15) is 14.4 Å². The van der Waals surface area contributed by atoms with Gasteiger partial charge in [-0.3, -0.25) is 14.4 Å². The molecule has 6 heteroatoms. The van der Waals surface area contributed by atoms with Gasteiger partial charge in [-0.1, -0.05) is 318 Å². The molecule has 0 aromatic heterocycles. The zero-order valence-corrected chi connectivity index (χ0v) is 53.1. The molecule has 0 N–H and O–H groups in total. The van der Waals surface area contributed by atoms with E-state index in [1.165, 1.54) is 205 Å². The van der Waals surface area contributed by atoms with Crippen molar-refractivity contribution in [3.63, 3.8) is 0 Å². The van der Waals surface area contributed by atoms with Gasteiger partial charge < -0.3 is 14.2 Å². The first-order valence-corrected chi connectivity index (χ1v) is 34.6. The number of ether oxygens (including phenoxy) is 3. The molecule has 1 atom stereocenters. The Bertz CT molecular complexity index is 1520. The minimum atomic E-state index is -0.793. The van der Waals surface area contributed by atoms with E-state index in [-0.39, 0.29) is 31.1 Å². The van der Waals surface area contributed by atoms with Crippen LogP contribution in [0.5, 0.6) is 0 Å². The minimum Gasteiger partial charge on any atom is -0.462 e. The maximum atomic E-state index is 12.9. The number of hydrogen-bond donors (Lipinski definition) is 0. The molecule has 0 fully saturated rings. The highest BCUT2D eigenvalue weighted by atomic mass is 16.6. The van der Waals surface area contributed by atoms with Crippen LogP contribution in [0.2, 0.25) is 0 Å². The number of hydrogen-bond acceptors (Lipinski definition) is 6. The minimum absolute atomic E-state index is 0.0860. The Hall–Kier alpha value is -3.41. The van der Waals surface area contributed by atoms with Crippen LogP contribution in [0.15, 0.2) is 85.1 Å². The lowest BCUT2D eigenvalue weighted by atomic mass is 10.0. The summed E-state index contributed by atoms with van der Waals surface area (Å²) in [5.41, 5.74) is 0. The highest BCUT2D eigenvalue weighted by Gasteiger charge is 2.19. The maximum absolute atomic E-state index is 12.9. The first-order chi connectivity index (χ1) is 39.5. The van der Waals surface area contributed by atoms with Crippen LogP contribution in [-0.2, 0) is 28.6 Å². The molecule has 0 aliphatic heterocycles. The van der Waals surface area contributed by atoms with Gasteiger partial charge in [-0.25, -0.2) is 0 Å². The van der Waals surface area contributed by atoms with Gasteiger partial charge >= 0.3 is 17.9 Å². The number of carbonyl (C=O) groups excluding carboxylic acids is 3. The Labute approximate surface area is 496 Å². The summed E-state index contributed by atoms with van der Waals surface area (Å²) in [5, 5.41) is 0. The van der Waals surface area contributed by atoms with Crippen LogP contribution in [-0.4, -0.2) is 37.2 Å². The Kier molecular flexibility index (Phi) is 65.2. The molecule has 0 aromatic carbocycles. The molecule has 0 saturated carbocycles. The number of carbonyl (C=O) groups is 3. The van der Waals surface area contributed by atoms with E-state index >= 15 is 0 Å². The first kappa shape index (κ1) is 76.6. The van der Waals surface area contributed by atoms with Crippen LogP contribution in [0, 0.1) is 0 Å². The van der Waals surface area contributed by atoms with E-state index in [4.69, 9.17) is 14.2 Å². The smallest absolute Gasteiger partial charge is 0.306 e. The first-order valence-electron chi connectivity index (χ1n) is 34.6. The number of esters is 3. The van der Waals surface area contributed by atoms with E-state index in [2.05, 4.69) is 106 Å². The molecule has 0 heterocycles. The summed E-state index contributed by atoms with van der Waals surface area (Å²) in [6.45, 7) is 6.53. The molecule has 80 heavy (non-hydrogen) atoms. The molecule has 6 nitrogen and oxygen atoms in total. The van der Waals surface area contributed by atoms with Gasteiger partial charge in [-0.2, -0.15) is 0 Å². The molecule has 0 aliphatic carbocycles. The Morgan fingerprint density at radius 3 is 0.775 bits per heavy atom. The van der Waals surface area contributed by atoms with E-state index in [1.807, 2.05) is 0 Å². The van der Waals surface area contributed by atoms with E-state index in [1.54, 1.807) is 0 Å². The average molecular weight is 1120 g/mol. The third-order valence-electron chi connectivity index (χ3n) is 15.1. The summed E-state index contributed by atoms with van der Waals surface area (Å²) in [5.74, 6) is -0.900. The van der Waals surface area contributed by atoms with Crippen LogP contribution in [0.1, 0.15) is 348 Å². The van der Waals surface area contributed by atoms with Gasteiger partial charge in [0.05, 0.1) is 0 Å². The molecular weight excluding hydrogens is 985 g/mol. The SMILES string of the molecule is CC/C=C\C/C=C\C/C=C\C/C=C\C/C=C\CCCCCC(=O)OC(COC(=O)CCCCCCCCCCCCCCCC)COC(=O)CCCCCCCCCCCCCCCCCCC/C=C\C/C=C\CCCCCCC. The number of rotatable bonds is 63. The maximum Gasteiger partial charge on any atom is 0.306 e. The Morgan fingerprint density at radius 2 is 0.487 bits per heavy atom. The van der Waals surface area contributed by atoms with Crippen molar-refractivity contribution >= 4 is 17.9 Å². The molecule has 1 unspecified atom stereocenters. The molecule has 0 bridgehead atoms. The predicted octanol–water partition coefficient (Wildman–Crippen LogP) is 23.8. The van der Waals surface area contributed by atoms with Crippen LogP contribution >= 0.6 is 0 Å². The standard InChI is InChI=1S/C74H130O6/c1-4-7-10-13-16-19-22-25-28-30-32-33-34-35-36-37-38-39-40-41-43-44-46-49-52-55-58-61-64-67-73(76)79-70-71(69-78-72(75)66-63-60-57-54-51-48-27-24-21-18-15-12-9-6-3)80-74(77)68-65-62-59-56-53-50-47-45-42-31-29-26-23-20-17-14-11-8-5-2/h8,11,17,20,22,25-26,29-30,32,42,45,50,53,71H,4-7,9-10,12-16,18-19,21,23-24,27-28,31,33-41,43-44,46-49,51-52,54-70H2,1-3H3/b11-8-,20-17-,25-22-,29-26-,32-30-,45-42-,53-50-. The average Bonchev–Trinajstić information content (AvgIpc) is 3.46. The van der Waals surface area contributed by atoms with Crippen molar-refractivity contribution in [2.75, 3.05) is 13.2 Å². The molecule has 0 saturated heterocycles. The van der Waals surface area contributed by atoms with Gasteiger partial charge in [0.15, 0.2) is 6.10 Å². The second kappa shape index (κ2) is 68.1. The number of unbranched alkanes of at least 4 members (excludes halogenated alkanes) is 38. The van der Waals surface area contributed by atoms with Gasteiger partial charge in [0, 0.05) is 19.3 Å². The third-order valence-corrected chi connectivity index (χ3v) is 15.1. The van der Waals surface area contributed by atoms with Crippen LogP contribution in [0.4, 0.5) is 0 Å². The van der Waals surface area contributed by atoms with Crippen LogP contribution in [0.25, 0.3) is 0 Å². The third kappa shape index (κ3) is 65.4. The Balaban J connectivity index is 4.28. The molecule has 0 amide bonds. The summed E-state index contributed by atoms with van der Waals surface area (Å²) in [7, 11) is 0. The zero-order valence-electron chi connectivity index (χ0n) is 53.1.